The zero-order valence-corrected chi connectivity index (χ0v) is 32.8. The zero-order valence-electron chi connectivity index (χ0n) is 32.8. The Morgan fingerprint density at radius 2 is 0.612 bits per heavy atom. The van der Waals surface area contributed by atoms with E-state index in [-0.39, 0.29) is 0 Å². The summed E-state index contributed by atoms with van der Waals surface area (Å²) in [5.74, 6) is 2.06. The molecule has 0 unspecified atom stereocenters. The largest absolute Gasteiger partial charge is 0.494 e. The van der Waals surface area contributed by atoms with Crippen molar-refractivity contribution in [2.75, 3.05) is 13.2 Å². The molecule has 2 nitrogen and oxygen atoms in total. The van der Waals surface area contributed by atoms with Crippen LogP contribution in [0.3, 0.4) is 0 Å². The van der Waals surface area contributed by atoms with Gasteiger partial charge in [0.25, 0.3) is 0 Å². The molecule has 0 spiro atoms. The molecule has 280 valence electrons. The van der Waals surface area contributed by atoms with Crippen LogP contribution in [-0.4, -0.2) is 13.2 Å². The first-order chi connectivity index (χ1) is 24.3. The third-order valence-electron chi connectivity index (χ3n) is 10.3. The number of aryl methyl sites for hydroxylation is 2. The lowest BCUT2D eigenvalue weighted by Gasteiger charge is -2.10. The number of rotatable bonds is 36. The number of hydrogen-bond donors (Lipinski definition) is 0. The second-order valence-electron chi connectivity index (χ2n) is 15.0. The van der Waals surface area contributed by atoms with Crippen molar-refractivity contribution < 1.29 is 9.47 Å². The zero-order chi connectivity index (χ0) is 34.7. The molecule has 0 N–H and O–H groups in total. The molecule has 49 heavy (non-hydrogen) atoms. The van der Waals surface area contributed by atoms with Gasteiger partial charge in [-0.15, -0.1) is 0 Å². The highest BCUT2D eigenvalue weighted by atomic mass is 16.5. The standard InChI is InChI=1S/C47H80O2/c1-3-5-7-9-11-13-15-17-19-21-23-25-28-34-44-36-32-38-46(42-44)48-40-30-27-31-41-49-47-39-33-37-45(43-47)35-29-26-24-22-20-18-16-14-12-10-8-6-4-2/h32-33,36-39,42-43H,3-31,34-35,40-41H2,1-2H3. The quantitative estimate of drug-likeness (QED) is 0.0669. The van der Waals surface area contributed by atoms with Gasteiger partial charge in [-0.2, -0.15) is 0 Å². The van der Waals surface area contributed by atoms with Crippen LogP contribution in [0.15, 0.2) is 48.5 Å². The van der Waals surface area contributed by atoms with Gasteiger partial charge in [-0.3, -0.25) is 0 Å². The molecular formula is C47H80O2. The summed E-state index contributed by atoms with van der Waals surface area (Å²) in [4.78, 5) is 0. The lowest BCUT2D eigenvalue weighted by Crippen LogP contribution is -2.01. The van der Waals surface area contributed by atoms with Gasteiger partial charge in [-0.05, 0) is 80.3 Å². The summed E-state index contributed by atoms with van der Waals surface area (Å²) in [5.41, 5.74) is 2.84. The van der Waals surface area contributed by atoms with Crippen LogP contribution in [0, 0.1) is 0 Å². The minimum absolute atomic E-state index is 0.788. The molecule has 0 atom stereocenters. The summed E-state index contributed by atoms with van der Waals surface area (Å²) in [6.45, 7) is 6.17. The minimum Gasteiger partial charge on any atom is -0.494 e. The molecule has 0 saturated heterocycles. The van der Waals surface area contributed by atoms with E-state index in [1.54, 1.807) is 0 Å². The highest BCUT2D eigenvalue weighted by Gasteiger charge is 2.02. The molecule has 0 fully saturated rings. The van der Waals surface area contributed by atoms with E-state index in [4.69, 9.17) is 9.47 Å². The average molecular weight is 677 g/mol. The monoisotopic (exact) mass is 677 g/mol. The Morgan fingerprint density at radius 3 is 0.939 bits per heavy atom. The number of unbranched alkanes of at least 4 members (excludes halogenated alkanes) is 26. The molecule has 0 bridgehead atoms. The van der Waals surface area contributed by atoms with Crippen LogP contribution in [-0.2, 0) is 12.8 Å². The maximum atomic E-state index is 6.10. The van der Waals surface area contributed by atoms with Gasteiger partial charge in [-0.25, -0.2) is 0 Å². The summed E-state index contributed by atoms with van der Waals surface area (Å²) in [7, 11) is 0. The van der Waals surface area contributed by atoms with Gasteiger partial charge >= 0.3 is 0 Å². The number of benzene rings is 2. The molecule has 0 radical (unpaired) electrons. The van der Waals surface area contributed by atoms with E-state index in [1.165, 1.54) is 191 Å². The van der Waals surface area contributed by atoms with E-state index in [1.807, 2.05) is 0 Å². The van der Waals surface area contributed by atoms with E-state index in [2.05, 4.69) is 62.4 Å². The van der Waals surface area contributed by atoms with Crippen LogP contribution >= 0.6 is 0 Å². The number of hydrogen-bond acceptors (Lipinski definition) is 2. The number of ether oxygens (including phenoxy) is 2. The predicted octanol–water partition coefficient (Wildman–Crippen LogP) is 15.6. The lowest BCUT2D eigenvalue weighted by atomic mass is 10.0. The van der Waals surface area contributed by atoms with Crippen molar-refractivity contribution in [2.45, 2.75) is 213 Å². The van der Waals surface area contributed by atoms with Crippen LogP contribution in [0.1, 0.15) is 211 Å². The highest BCUT2D eigenvalue weighted by molar-refractivity contribution is 5.29. The molecule has 0 aliphatic carbocycles. The van der Waals surface area contributed by atoms with Gasteiger partial charge in [0, 0.05) is 0 Å². The van der Waals surface area contributed by atoms with Crippen LogP contribution < -0.4 is 9.47 Å². The first kappa shape index (κ1) is 43.2. The van der Waals surface area contributed by atoms with E-state index >= 15 is 0 Å². The fraction of sp³-hybridized carbons (Fsp3) is 0.745. The molecule has 0 aliphatic heterocycles. The molecule has 2 aromatic carbocycles. The molecular weight excluding hydrogens is 597 g/mol. The Bertz CT molecular complexity index is 891. The Morgan fingerprint density at radius 1 is 0.327 bits per heavy atom. The van der Waals surface area contributed by atoms with Gasteiger partial charge in [0.1, 0.15) is 11.5 Å². The van der Waals surface area contributed by atoms with Crippen molar-refractivity contribution in [3.05, 3.63) is 59.7 Å². The van der Waals surface area contributed by atoms with Crippen molar-refractivity contribution >= 4 is 0 Å². The van der Waals surface area contributed by atoms with Gasteiger partial charge in [0.2, 0.25) is 0 Å². The molecule has 0 amide bonds. The topological polar surface area (TPSA) is 18.5 Å². The van der Waals surface area contributed by atoms with Crippen molar-refractivity contribution in [3.8, 4) is 11.5 Å². The van der Waals surface area contributed by atoms with Crippen molar-refractivity contribution in [1.82, 2.24) is 0 Å². The fourth-order valence-corrected chi connectivity index (χ4v) is 7.04. The molecule has 0 saturated carbocycles. The maximum absolute atomic E-state index is 6.10. The molecule has 0 heterocycles. The van der Waals surface area contributed by atoms with Crippen molar-refractivity contribution in [1.29, 1.82) is 0 Å². The SMILES string of the molecule is CCCCCCCCCCCCCCCc1cccc(OCCCCCOc2cccc(CCCCCCCCCCCCCCC)c2)c1. The maximum Gasteiger partial charge on any atom is 0.119 e. The Balaban J connectivity index is 1.40. The smallest absolute Gasteiger partial charge is 0.119 e. The first-order valence-electron chi connectivity index (χ1n) is 21.7. The van der Waals surface area contributed by atoms with Crippen molar-refractivity contribution in [3.63, 3.8) is 0 Å². The third-order valence-corrected chi connectivity index (χ3v) is 10.3. The molecule has 2 aromatic rings. The summed E-state index contributed by atoms with van der Waals surface area (Å²) in [6, 6.07) is 17.6. The summed E-state index contributed by atoms with van der Waals surface area (Å²) in [5, 5.41) is 0. The summed E-state index contributed by atoms with van der Waals surface area (Å²) < 4.78 is 12.2. The van der Waals surface area contributed by atoms with Crippen LogP contribution in [0.5, 0.6) is 11.5 Å². The van der Waals surface area contributed by atoms with Crippen LogP contribution in [0.4, 0.5) is 0 Å². The Labute approximate surface area is 305 Å². The normalized spacial score (nSPS) is 11.3. The van der Waals surface area contributed by atoms with E-state index in [0.717, 1.165) is 44.0 Å². The summed E-state index contributed by atoms with van der Waals surface area (Å²) >= 11 is 0. The summed E-state index contributed by atoms with van der Waals surface area (Å²) in [6.07, 6.45) is 42.3. The minimum atomic E-state index is 0.788. The third kappa shape index (κ3) is 26.5. The predicted molar refractivity (Wildman–Crippen MR) is 217 cm³/mol. The molecule has 0 aliphatic rings. The average Bonchev–Trinajstić information content (AvgIpc) is 3.12. The van der Waals surface area contributed by atoms with E-state index in [0.29, 0.717) is 0 Å². The second-order valence-corrected chi connectivity index (χ2v) is 15.0. The van der Waals surface area contributed by atoms with E-state index in [9.17, 15) is 0 Å². The first-order valence-corrected chi connectivity index (χ1v) is 21.7. The van der Waals surface area contributed by atoms with Crippen LogP contribution in [0.25, 0.3) is 0 Å². The molecule has 0 aromatic heterocycles. The van der Waals surface area contributed by atoms with Gasteiger partial charge in [0.05, 0.1) is 13.2 Å². The Hall–Kier alpha value is -1.96. The van der Waals surface area contributed by atoms with E-state index < -0.39 is 0 Å². The Kier molecular flexibility index (Phi) is 29.3. The van der Waals surface area contributed by atoms with Gasteiger partial charge < -0.3 is 9.47 Å². The lowest BCUT2D eigenvalue weighted by molar-refractivity contribution is 0.279. The molecule has 2 heteroatoms. The highest BCUT2D eigenvalue weighted by Crippen LogP contribution is 2.20. The van der Waals surface area contributed by atoms with Gasteiger partial charge in [-0.1, -0.05) is 192 Å². The fourth-order valence-electron chi connectivity index (χ4n) is 7.04. The second kappa shape index (κ2) is 33.2. The van der Waals surface area contributed by atoms with Gasteiger partial charge in [0.15, 0.2) is 0 Å². The van der Waals surface area contributed by atoms with Crippen LogP contribution in [0.2, 0.25) is 0 Å². The van der Waals surface area contributed by atoms with Crippen molar-refractivity contribution in [2.24, 2.45) is 0 Å². The molecule has 2 rings (SSSR count).